The molecule has 0 atom stereocenters. The third kappa shape index (κ3) is 4.92. The van der Waals surface area contributed by atoms with Crippen molar-refractivity contribution in [3.05, 3.63) is 89.7 Å². The van der Waals surface area contributed by atoms with E-state index in [1.54, 1.807) is 60.9 Å². The van der Waals surface area contributed by atoms with Crippen molar-refractivity contribution in [1.29, 1.82) is 0 Å². The molecule has 0 unspecified atom stereocenters. The van der Waals surface area contributed by atoms with Gasteiger partial charge in [-0.2, -0.15) is 0 Å². The molecule has 3 rings (SSSR count). The number of ether oxygens (including phenoxy) is 1. The Labute approximate surface area is 157 Å². The topological polar surface area (TPSA) is 80.3 Å². The first-order valence-corrected chi connectivity index (χ1v) is 8.53. The molecule has 2 amide bonds. The van der Waals surface area contributed by atoms with Gasteiger partial charge in [-0.25, -0.2) is 0 Å². The summed E-state index contributed by atoms with van der Waals surface area (Å²) in [6.07, 6.45) is 4.14. The molecule has 0 bridgehead atoms. The van der Waals surface area contributed by atoms with Gasteiger partial charge in [0, 0.05) is 23.5 Å². The number of rotatable bonds is 5. The van der Waals surface area contributed by atoms with Gasteiger partial charge in [-0.15, -0.1) is 0 Å². The van der Waals surface area contributed by atoms with E-state index in [2.05, 4.69) is 15.8 Å². The number of benzene rings is 2. The first-order valence-electron chi connectivity index (χ1n) is 8.53. The van der Waals surface area contributed by atoms with Gasteiger partial charge < -0.3 is 4.74 Å². The van der Waals surface area contributed by atoms with E-state index in [4.69, 9.17) is 4.74 Å². The van der Waals surface area contributed by atoms with Gasteiger partial charge in [0.2, 0.25) is 0 Å². The van der Waals surface area contributed by atoms with Crippen molar-refractivity contribution in [1.82, 2.24) is 15.8 Å². The van der Waals surface area contributed by atoms with Crippen LogP contribution < -0.4 is 15.6 Å². The summed E-state index contributed by atoms with van der Waals surface area (Å²) in [5.41, 5.74) is 6.81. The first kappa shape index (κ1) is 18.1. The standard InChI is InChI=1S/C21H19N3O3/c1-2-15-6-8-16(9-7-15)20(25)23-24-21(26)17-4-3-5-19(14-17)27-18-10-12-22-13-11-18/h3-14H,2H2,1H3,(H,23,25)(H,24,26). The van der Waals surface area contributed by atoms with Crippen LogP contribution in [-0.4, -0.2) is 16.8 Å². The molecule has 0 spiro atoms. The Morgan fingerprint density at radius 3 is 2.19 bits per heavy atom. The maximum atomic E-state index is 12.3. The predicted octanol–water partition coefficient (Wildman–Crippen LogP) is 3.51. The van der Waals surface area contributed by atoms with Crippen LogP contribution in [0.15, 0.2) is 73.1 Å². The number of nitrogens with zero attached hydrogens (tertiary/aromatic N) is 1. The Bertz CT molecular complexity index is 925. The van der Waals surface area contributed by atoms with Crippen LogP contribution in [0.1, 0.15) is 33.2 Å². The van der Waals surface area contributed by atoms with Crippen molar-refractivity contribution in [3.63, 3.8) is 0 Å². The summed E-state index contributed by atoms with van der Waals surface area (Å²) < 4.78 is 5.68. The summed E-state index contributed by atoms with van der Waals surface area (Å²) in [6.45, 7) is 2.04. The van der Waals surface area contributed by atoms with E-state index in [1.807, 2.05) is 19.1 Å². The fourth-order valence-corrected chi connectivity index (χ4v) is 2.39. The molecular weight excluding hydrogens is 342 g/mol. The molecule has 136 valence electrons. The molecule has 6 heteroatoms. The lowest BCUT2D eigenvalue weighted by molar-refractivity contribution is 0.0846. The summed E-state index contributed by atoms with van der Waals surface area (Å²) in [7, 11) is 0. The summed E-state index contributed by atoms with van der Waals surface area (Å²) in [4.78, 5) is 28.3. The van der Waals surface area contributed by atoms with Crippen LogP contribution in [0.4, 0.5) is 0 Å². The number of carbonyl (C=O) groups is 2. The lowest BCUT2D eigenvalue weighted by atomic mass is 10.1. The number of hydrazine groups is 1. The number of pyridine rings is 1. The number of aromatic nitrogens is 1. The van der Waals surface area contributed by atoms with Gasteiger partial charge in [-0.05, 0) is 54.4 Å². The van der Waals surface area contributed by atoms with Gasteiger partial charge in [0.15, 0.2) is 0 Å². The molecule has 0 saturated carbocycles. The van der Waals surface area contributed by atoms with Gasteiger partial charge in [0.05, 0.1) is 0 Å². The van der Waals surface area contributed by atoms with E-state index in [0.717, 1.165) is 12.0 Å². The number of aryl methyl sites for hydroxylation is 1. The number of hydrogen-bond acceptors (Lipinski definition) is 4. The van der Waals surface area contributed by atoms with Crippen molar-refractivity contribution < 1.29 is 14.3 Å². The number of amides is 2. The molecule has 0 saturated heterocycles. The molecule has 0 fully saturated rings. The Balaban J connectivity index is 1.60. The fourth-order valence-electron chi connectivity index (χ4n) is 2.39. The molecule has 1 aromatic heterocycles. The van der Waals surface area contributed by atoms with Gasteiger partial charge in [-0.1, -0.05) is 25.1 Å². The minimum Gasteiger partial charge on any atom is -0.457 e. The van der Waals surface area contributed by atoms with Gasteiger partial charge in [-0.3, -0.25) is 25.4 Å². The number of carbonyl (C=O) groups excluding carboxylic acids is 2. The van der Waals surface area contributed by atoms with Crippen LogP contribution in [0, 0.1) is 0 Å². The molecule has 3 aromatic rings. The SMILES string of the molecule is CCc1ccc(C(=O)NNC(=O)c2cccc(Oc3ccncc3)c2)cc1. The van der Waals surface area contributed by atoms with Crippen molar-refractivity contribution in [2.45, 2.75) is 13.3 Å². The second-order valence-corrected chi connectivity index (χ2v) is 5.77. The van der Waals surface area contributed by atoms with Crippen molar-refractivity contribution in [2.75, 3.05) is 0 Å². The average Bonchev–Trinajstić information content (AvgIpc) is 2.72. The van der Waals surface area contributed by atoms with Gasteiger partial charge >= 0.3 is 0 Å². The fraction of sp³-hybridized carbons (Fsp3) is 0.0952. The van der Waals surface area contributed by atoms with E-state index in [-0.39, 0.29) is 5.91 Å². The van der Waals surface area contributed by atoms with Crippen molar-refractivity contribution in [3.8, 4) is 11.5 Å². The van der Waals surface area contributed by atoms with E-state index >= 15 is 0 Å². The lowest BCUT2D eigenvalue weighted by Gasteiger charge is -2.09. The van der Waals surface area contributed by atoms with E-state index in [0.29, 0.717) is 22.6 Å². The summed E-state index contributed by atoms with van der Waals surface area (Å²) >= 11 is 0. The van der Waals surface area contributed by atoms with Crippen molar-refractivity contribution >= 4 is 11.8 Å². The van der Waals surface area contributed by atoms with Crippen molar-refractivity contribution in [2.24, 2.45) is 0 Å². The van der Waals surface area contributed by atoms with Crippen LogP contribution >= 0.6 is 0 Å². The molecule has 1 heterocycles. The van der Waals surface area contributed by atoms with Crippen LogP contribution in [0.2, 0.25) is 0 Å². The Hall–Kier alpha value is -3.67. The average molecular weight is 361 g/mol. The Kier molecular flexibility index (Phi) is 5.79. The highest BCUT2D eigenvalue weighted by Gasteiger charge is 2.10. The maximum Gasteiger partial charge on any atom is 0.269 e. The monoisotopic (exact) mass is 361 g/mol. The molecule has 0 aliphatic rings. The zero-order valence-corrected chi connectivity index (χ0v) is 14.8. The Morgan fingerprint density at radius 1 is 0.852 bits per heavy atom. The highest BCUT2D eigenvalue weighted by Crippen LogP contribution is 2.21. The van der Waals surface area contributed by atoms with E-state index < -0.39 is 5.91 Å². The number of hydrogen-bond donors (Lipinski definition) is 2. The van der Waals surface area contributed by atoms with Crippen LogP contribution in [-0.2, 0) is 6.42 Å². The van der Waals surface area contributed by atoms with Crippen LogP contribution in [0.5, 0.6) is 11.5 Å². The highest BCUT2D eigenvalue weighted by molar-refractivity contribution is 5.99. The summed E-state index contributed by atoms with van der Waals surface area (Å²) in [5, 5.41) is 0. The second-order valence-electron chi connectivity index (χ2n) is 5.77. The normalized spacial score (nSPS) is 10.1. The summed E-state index contributed by atoms with van der Waals surface area (Å²) in [5.74, 6) is 0.311. The summed E-state index contributed by atoms with van der Waals surface area (Å²) in [6, 6.07) is 17.3. The molecule has 27 heavy (non-hydrogen) atoms. The maximum absolute atomic E-state index is 12.3. The smallest absolute Gasteiger partial charge is 0.269 e. The molecular formula is C21H19N3O3. The predicted molar refractivity (Wildman–Crippen MR) is 102 cm³/mol. The van der Waals surface area contributed by atoms with Crippen LogP contribution in [0.25, 0.3) is 0 Å². The van der Waals surface area contributed by atoms with Gasteiger partial charge in [0.1, 0.15) is 11.5 Å². The highest BCUT2D eigenvalue weighted by atomic mass is 16.5. The van der Waals surface area contributed by atoms with Gasteiger partial charge in [0.25, 0.3) is 11.8 Å². The third-order valence-corrected chi connectivity index (χ3v) is 3.90. The number of nitrogens with one attached hydrogen (secondary N) is 2. The minimum absolute atomic E-state index is 0.364. The third-order valence-electron chi connectivity index (χ3n) is 3.90. The molecule has 2 N–H and O–H groups in total. The zero-order chi connectivity index (χ0) is 19.1. The lowest BCUT2D eigenvalue weighted by Crippen LogP contribution is -2.41. The second kappa shape index (κ2) is 8.62. The molecule has 0 radical (unpaired) electrons. The van der Waals surface area contributed by atoms with E-state index in [9.17, 15) is 9.59 Å². The minimum atomic E-state index is -0.436. The zero-order valence-electron chi connectivity index (χ0n) is 14.8. The largest absolute Gasteiger partial charge is 0.457 e. The Morgan fingerprint density at radius 2 is 1.52 bits per heavy atom. The molecule has 6 nitrogen and oxygen atoms in total. The van der Waals surface area contributed by atoms with E-state index in [1.165, 1.54) is 0 Å². The van der Waals surface area contributed by atoms with Crippen LogP contribution in [0.3, 0.4) is 0 Å². The first-order chi connectivity index (χ1) is 13.2. The molecule has 0 aliphatic heterocycles. The quantitative estimate of drug-likeness (QED) is 0.682. The molecule has 0 aliphatic carbocycles. The molecule has 2 aromatic carbocycles.